The highest BCUT2D eigenvalue weighted by Gasteiger charge is 2.27. The van der Waals surface area contributed by atoms with Crippen LogP contribution < -0.4 is 11.3 Å². The number of pyridine rings is 3. The van der Waals surface area contributed by atoms with Gasteiger partial charge in [-0.3, -0.25) is 14.3 Å². The molecule has 0 aliphatic heterocycles. The van der Waals surface area contributed by atoms with Crippen molar-refractivity contribution in [1.82, 2.24) is 14.5 Å². The lowest BCUT2D eigenvalue weighted by Gasteiger charge is -2.20. The first-order valence-corrected chi connectivity index (χ1v) is 10.5. The number of nitrogens with two attached hydrogens (primary N) is 1. The second-order valence-corrected chi connectivity index (χ2v) is 8.43. The average molecular weight is 484 g/mol. The number of fused-ring (bicyclic) bond motifs is 1. The molecule has 0 aliphatic rings. The molecule has 1 aromatic carbocycles. The molecule has 3 aromatic heterocycles. The SMILES string of the molecule is Cc1ccnc(C(C)C)c1-n1c(=O)c(C#N)c(-c2cc(F)c(F)c(F)c2N)c2cc(Cl)cnc21. The van der Waals surface area contributed by atoms with Crippen molar-refractivity contribution in [2.45, 2.75) is 26.7 Å². The summed E-state index contributed by atoms with van der Waals surface area (Å²) >= 11 is 6.17. The zero-order valence-corrected chi connectivity index (χ0v) is 19.0. The minimum atomic E-state index is -1.76. The number of aryl methyl sites for hydroxylation is 1. The third-order valence-corrected chi connectivity index (χ3v) is 5.69. The van der Waals surface area contributed by atoms with Crippen LogP contribution in [-0.2, 0) is 0 Å². The van der Waals surface area contributed by atoms with Crippen LogP contribution in [0.5, 0.6) is 0 Å². The van der Waals surface area contributed by atoms with Crippen molar-refractivity contribution >= 4 is 28.3 Å². The van der Waals surface area contributed by atoms with Crippen LogP contribution in [0.25, 0.3) is 27.8 Å². The van der Waals surface area contributed by atoms with E-state index in [9.17, 15) is 23.2 Å². The lowest BCUT2D eigenvalue weighted by atomic mass is 9.95. The molecule has 0 atom stereocenters. The fraction of sp³-hybridized carbons (Fsp3) is 0.167. The minimum Gasteiger partial charge on any atom is -0.396 e. The molecule has 0 saturated carbocycles. The number of benzene rings is 1. The summed E-state index contributed by atoms with van der Waals surface area (Å²) in [6, 6.07) is 5.56. The van der Waals surface area contributed by atoms with E-state index in [0.29, 0.717) is 23.0 Å². The molecule has 0 bridgehead atoms. The molecule has 4 aromatic rings. The molecular weight excluding hydrogens is 467 g/mol. The quantitative estimate of drug-likeness (QED) is 0.310. The molecule has 3 heterocycles. The number of anilines is 1. The van der Waals surface area contributed by atoms with Crippen LogP contribution >= 0.6 is 11.6 Å². The Morgan fingerprint density at radius 2 is 1.88 bits per heavy atom. The maximum atomic E-state index is 14.3. The van der Waals surface area contributed by atoms with Crippen molar-refractivity contribution in [2.24, 2.45) is 0 Å². The summed E-state index contributed by atoms with van der Waals surface area (Å²) in [7, 11) is 0. The molecule has 0 aliphatic carbocycles. The van der Waals surface area contributed by atoms with Gasteiger partial charge in [0.05, 0.1) is 22.1 Å². The van der Waals surface area contributed by atoms with E-state index in [1.807, 2.05) is 19.9 Å². The predicted octanol–water partition coefficient (Wildman–Crippen LogP) is 5.40. The molecule has 10 heteroatoms. The van der Waals surface area contributed by atoms with Gasteiger partial charge in [-0.2, -0.15) is 5.26 Å². The fourth-order valence-electron chi connectivity index (χ4n) is 3.94. The molecule has 0 fully saturated rings. The molecule has 0 amide bonds. The molecule has 0 radical (unpaired) electrons. The maximum Gasteiger partial charge on any atom is 0.275 e. The summed E-state index contributed by atoms with van der Waals surface area (Å²) < 4.78 is 43.5. The van der Waals surface area contributed by atoms with Gasteiger partial charge in [0, 0.05) is 28.9 Å². The Labute approximate surface area is 197 Å². The Balaban J connectivity index is 2.29. The zero-order valence-electron chi connectivity index (χ0n) is 18.3. The highest BCUT2D eigenvalue weighted by Crippen LogP contribution is 2.38. The Kier molecular flexibility index (Phi) is 5.79. The van der Waals surface area contributed by atoms with Gasteiger partial charge in [-0.25, -0.2) is 18.2 Å². The van der Waals surface area contributed by atoms with E-state index in [1.54, 1.807) is 19.2 Å². The second-order valence-electron chi connectivity index (χ2n) is 7.99. The number of nitrogens with zero attached hydrogens (tertiary/aromatic N) is 4. The number of rotatable bonds is 3. The zero-order chi connectivity index (χ0) is 24.9. The summed E-state index contributed by atoms with van der Waals surface area (Å²) in [5.74, 6) is -5.01. The first-order valence-electron chi connectivity index (χ1n) is 10.1. The second kappa shape index (κ2) is 8.47. The normalized spacial score (nSPS) is 11.3. The highest BCUT2D eigenvalue weighted by atomic mass is 35.5. The molecule has 6 nitrogen and oxygen atoms in total. The summed E-state index contributed by atoms with van der Waals surface area (Å²) in [6.45, 7) is 5.57. The molecule has 0 unspecified atom stereocenters. The van der Waals surface area contributed by atoms with Crippen LogP contribution in [0.1, 0.15) is 36.6 Å². The first kappa shape index (κ1) is 23.3. The molecule has 0 saturated heterocycles. The Morgan fingerprint density at radius 1 is 1.18 bits per heavy atom. The number of halogens is 4. The van der Waals surface area contributed by atoms with Gasteiger partial charge in [0.1, 0.15) is 17.3 Å². The standard InChI is InChI=1S/C24H17ClF3N5O/c1-10(2)21-22(11(3)4-5-31-21)33-23-14(6-12(25)9-32-23)17(15(8-29)24(33)34)13-7-16(26)18(27)19(28)20(13)30/h4-7,9-10H,30H2,1-3H3. The van der Waals surface area contributed by atoms with E-state index in [4.69, 9.17) is 17.3 Å². The van der Waals surface area contributed by atoms with E-state index in [-0.39, 0.29) is 33.1 Å². The molecule has 2 N–H and O–H groups in total. The van der Waals surface area contributed by atoms with Gasteiger partial charge >= 0.3 is 0 Å². The Hall–Kier alpha value is -3.90. The van der Waals surface area contributed by atoms with Crippen LogP contribution in [0, 0.1) is 35.7 Å². The van der Waals surface area contributed by atoms with E-state index in [0.717, 1.165) is 0 Å². The minimum absolute atomic E-state index is 0.0611. The lowest BCUT2D eigenvalue weighted by Crippen LogP contribution is -2.26. The third-order valence-electron chi connectivity index (χ3n) is 5.49. The summed E-state index contributed by atoms with van der Waals surface area (Å²) in [5.41, 5.74) is 4.93. The van der Waals surface area contributed by atoms with Crippen molar-refractivity contribution in [3.8, 4) is 22.9 Å². The number of nitriles is 1. The third kappa shape index (κ3) is 3.47. The number of hydrogen-bond donors (Lipinski definition) is 1. The van der Waals surface area contributed by atoms with Crippen LogP contribution in [0.15, 0.2) is 35.4 Å². The largest absolute Gasteiger partial charge is 0.396 e. The van der Waals surface area contributed by atoms with Gasteiger partial charge in [-0.15, -0.1) is 0 Å². The van der Waals surface area contributed by atoms with E-state index in [1.165, 1.54) is 16.8 Å². The highest BCUT2D eigenvalue weighted by molar-refractivity contribution is 6.31. The van der Waals surface area contributed by atoms with Crippen molar-refractivity contribution in [3.05, 3.63) is 80.2 Å². The summed E-state index contributed by atoms with van der Waals surface area (Å²) in [5, 5.41) is 10.2. The van der Waals surface area contributed by atoms with E-state index in [2.05, 4.69) is 9.97 Å². The van der Waals surface area contributed by atoms with Crippen LogP contribution in [0.4, 0.5) is 18.9 Å². The van der Waals surface area contributed by atoms with Crippen molar-refractivity contribution in [1.29, 1.82) is 5.26 Å². The lowest BCUT2D eigenvalue weighted by molar-refractivity contribution is 0.450. The molecule has 4 rings (SSSR count). The van der Waals surface area contributed by atoms with Gasteiger partial charge in [0.15, 0.2) is 17.5 Å². The van der Waals surface area contributed by atoms with Crippen LogP contribution in [0.2, 0.25) is 5.02 Å². The molecule has 0 spiro atoms. The molecule has 34 heavy (non-hydrogen) atoms. The van der Waals surface area contributed by atoms with Crippen LogP contribution in [0.3, 0.4) is 0 Å². The smallest absolute Gasteiger partial charge is 0.275 e. The molecular formula is C24H17ClF3N5O. The van der Waals surface area contributed by atoms with E-state index >= 15 is 0 Å². The number of hydrogen-bond acceptors (Lipinski definition) is 5. The van der Waals surface area contributed by atoms with Crippen LogP contribution in [-0.4, -0.2) is 14.5 Å². The maximum absolute atomic E-state index is 14.3. The topological polar surface area (TPSA) is 97.6 Å². The van der Waals surface area contributed by atoms with Gasteiger partial charge < -0.3 is 5.73 Å². The van der Waals surface area contributed by atoms with Crippen molar-refractivity contribution in [2.75, 3.05) is 5.73 Å². The Bertz CT molecular complexity index is 1590. The van der Waals surface area contributed by atoms with Crippen molar-refractivity contribution < 1.29 is 13.2 Å². The number of nitrogen functional groups attached to an aromatic ring is 1. The first-order chi connectivity index (χ1) is 16.1. The summed E-state index contributed by atoms with van der Waals surface area (Å²) in [6.07, 6.45) is 2.90. The average Bonchev–Trinajstić information content (AvgIpc) is 2.80. The van der Waals surface area contributed by atoms with Gasteiger partial charge in [-0.1, -0.05) is 25.4 Å². The number of aromatic nitrogens is 3. The van der Waals surface area contributed by atoms with Gasteiger partial charge in [0.25, 0.3) is 5.56 Å². The Morgan fingerprint density at radius 3 is 2.53 bits per heavy atom. The fourth-order valence-corrected chi connectivity index (χ4v) is 4.09. The van der Waals surface area contributed by atoms with Crippen molar-refractivity contribution in [3.63, 3.8) is 0 Å². The monoisotopic (exact) mass is 483 g/mol. The molecule has 172 valence electrons. The van der Waals surface area contributed by atoms with Gasteiger partial charge in [0.2, 0.25) is 0 Å². The van der Waals surface area contributed by atoms with E-state index < -0.39 is 34.3 Å². The summed E-state index contributed by atoms with van der Waals surface area (Å²) in [4.78, 5) is 22.4. The predicted molar refractivity (Wildman–Crippen MR) is 123 cm³/mol. The van der Waals surface area contributed by atoms with Gasteiger partial charge in [-0.05, 0) is 36.6 Å².